The number of aromatic nitrogens is 2. The molecule has 5 nitrogen and oxygen atoms in total. The number of amides is 1. The molecule has 7 heteroatoms. The summed E-state index contributed by atoms with van der Waals surface area (Å²) >= 11 is 6.27. The Kier molecular flexibility index (Phi) is 4.63. The highest BCUT2D eigenvalue weighted by Gasteiger charge is 2.22. The highest BCUT2D eigenvalue weighted by molar-refractivity contribution is 8.26. The number of carbonyl (C=O) groups excluding carboxylic acids is 1. The van der Waals surface area contributed by atoms with Crippen molar-refractivity contribution in [3.8, 4) is 17.1 Å². The van der Waals surface area contributed by atoms with Crippen LogP contribution in [0.25, 0.3) is 28.4 Å². The third-order valence-electron chi connectivity index (χ3n) is 4.15. The molecule has 0 atom stereocenters. The van der Waals surface area contributed by atoms with Gasteiger partial charge in [0, 0.05) is 5.39 Å². The predicted molar refractivity (Wildman–Crippen MR) is 113 cm³/mol. The summed E-state index contributed by atoms with van der Waals surface area (Å²) in [5.74, 6) is 0.611. The third-order valence-corrected chi connectivity index (χ3v) is 5.31. The lowest BCUT2D eigenvalue weighted by Gasteiger charge is -2.09. The number of carbonyl (C=O) groups is 1. The third kappa shape index (κ3) is 3.56. The van der Waals surface area contributed by atoms with Crippen LogP contribution < -0.4 is 10.1 Å². The number of fused-ring (bicyclic) bond motifs is 1. The van der Waals surface area contributed by atoms with Gasteiger partial charge in [0.15, 0.2) is 0 Å². The van der Waals surface area contributed by atoms with E-state index in [4.69, 9.17) is 21.9 Å². The lowest BCUT2D eigenvalue weighted by molar-refractivity contribution is -0.115. The number of thioether (sulfide) groups is 1. The molecular weight excluding hydrogens is 378 g/mol. The molecule has 0 radical (unpaired) electrons. The van der Waals surface area contributed by atoms with E-state index in [0.717, 1.165) is 33.6 Å². The van der Waals surface area contributed by atoms with Crippen LogP contribution in [-0.2, 0) is 4.79 Å². The number of hydrogen-bond acceptors (Lipinski definition) is 6. The van der Waals surface area contributed by atoms with Crippen molar-refractivity contribution in [3.05, 3.63) is 58.6 Å². The highest BCUT2D eigenvalue weighted by Crippen LogP contribution is 2.28. The van der Waals surface area contributed by atoms with E-state index in [1.807, 2.05) is 43.3 Å². The van der Waals surface area contributed by atoms with E-state index >= 15 is 0 Å². The number of pyridine rings is 2. The molecule has 27 heavy (non-hydrogen) atoms. The number of thiocarbonyl (C=S) groups is 1. The lowest BCUT2D eigenvalue weighted by atomic mass is 10.1. The first-order chi connectivity index (χ1) is 13.0. The molecule has 0 bridgehead atoms. The first kappa shape index (κ1) is 17.6. The molecule has 1 aromatic carbocycles. The highest BCUT2D eigenvalue weighted by atomic mass is 32.2. The Morgan fingerprint density at radius 1 is 1.19 bits per heavy atom. The summed E-state index contributed by atoms with van der Waals surface area (Å²) in [6.45, 7) is 2.01. The molecule has 1 saturated heterocycles. The van der Waals surface area contributed by atoms with Gasteiger partial charge >= 0.3 is 0 Å². The van der Waals surface area contributed by atoms with Crippen LogP contribution >= 0.6 is 24.0 Å². The Hall–Kier alpha value is -2.77. The van der Waals surface area contributed by atoms with Crippen LogP contribution in [0.4, 0.5) is 0 Å². The molecule has 1 amide bonds. The summed E-state index contributed by atoms with van der Waals surface area (Å²) in [5, 5.41) is 3.62. The molecule has 3 heterocycles. The van der Waals surface area contributed by atoms with Crippen LogP contribution in [0.2, 0.25) is 0 Å². The SMILES string of the molecule is COc1ccc2nc(-c3cccc(C=C4SC(=S)NC4=O)n3)c(C)cc2c1. The van der Waals surface area contributed by atoms with Crippen molar-refractivity contribution < 1.29 is 9.53 Å². The van der Waals surface area contributed by atoms with E-state index in [1.54, 1.807) is 13.2 Å². The van der Waals surface area contributed by atoms with E-state index in [0.29, 0.717) is 14.9 Å². The summed E-state index contributed by atoms with van der Waals surface area (Å²) in [5.41, 5.74) is 4.14. The smallest absolute Gasteiger partial charge is 0.263 e. The maximum Gasteiger partial charge on any atom is 0.263 e. The van der Waals surface area contributed by atoms with Gasteiger partial charge < -0.3 is 10.1 Å². The first-order valence-electron chi connectivity index (χ1n) is 8.21. The molecule has 3 aromatic rings. The number of hydrogen-bond donors (Lipinski definition) is 1. The summed E-state index contributed by atoms with van der Waals surface area (Å²) in [7, 11) is 1.65. The van der Waals surface area contributed by atoms with Crippen molar-refractivity contribution in [2.45, 2.75) is 6.92 Å². The van der Waals surface area contributed by atoms with Gasteiger partial charge in [-0.25, -0.2) is 9.97 Å². The fraction of sp³-hybridized carbons (Fsp3) is 0.100. The minimum atomic E-state index is -0.189. The molecule has 4 rings (SSSR count). The summed E-state index contributed by atoms with van der Waals surface area (Å²) in [6, 6.07) is 13.5. The number of nitrogens with zero attached hydrogens (tertiary/aromatic N) is 2. The maximum absolute atomic E-state index is 11.9. The van der Waals surface area contributed by atoms with Crippen LogP contribution in [0.1, 0.15) is 11.3 Å². The van der Waals surface area contributed by atoms with Crippen molar-refractivity contribution in [1.82, 2.24) is 15.3 Å². The van der Waals surface area contributed by atoms with Gasteiger partial charge in [-0.1, -0.05) is 30.0 Å². The van der Waals surface area contributed by atoms with Crippen LogP contribution in [-0.4, -0.2) is 27.3 Å². The predicted octanol–water partition coefficient (Wildman–Crippen LogP) is 4.10. The van der Waals surface area contributed by atoms with Gasteiger partial charge in [-0.2, -0.15) is 0 Å². The van der Waals surface area contributed by atoms with Crippen molar-refractivity contribution in [1.29, 1.82) is 0 Å². The molecule has 1 N–H and O–H groups in total. The van der Waals surface area contributed by atoms with E-state index in [1.165, 1.54) is 11.8 Å². The molecule has 1 aliphatic heterocycles. The average Bonchev–Trinajstić information content (AvgIpc) is 2.97. The minimum absolute atomic E-state index is 0.189. The van der Waals surface area contributed by atoms with Gasteiger partial charge in [0.1, 0.15) is 10.1 Å². The van der Waals surface area contributed by atoms with Gasteiger partial charge in [0.2, 0.25) is 0 Å². The quantitative estimate of drug-likeness (QED) is 0.534. The van der Waals surface area contributed by atoms with Crippen LogP contribution in [0.3, 0.4) is 0 Å². The van der Waals surface area contributed by atoms with Crippen molar-refractivity contribution >= 4 is 51.2 Å². The molecular formula is C20H15N3O2S2. The summed E-state index contributed by atoms with van der Waals surface area (Å²) < 4.78 is 5.74. The second-order valence-corrected chi connectivity index (χ2v) is 7.73. The lowest BCUT2D eigenvalue weighted by Crippen LogP contribution is -2.17. The van der Waals surface area contributed by atoms with Crippen LogP contribution in [0, 0.1) is 6.92 Å². The van der Waals surface area contributed by atoms with E-state index < -0.39 is 0 Å². The molecule has 1 aliphatic rings. The van der Waals surface area contributed by atoms with Gasteiger partial charge in [0.25, 0.3) is 5.91 Å². The molecule has 0 unspecified atom stereocenters. The molecule has 1 fully saturated rings. The normalized spacial score (nSPS) is 15.4. The van der Waals surface area contributed by atoms with Gasteiger partial charge in [-0.05, 0) is 55.0 Å². The summed E-state index contributed by atoms with van der Waals surface area (Å²) in [4.78, 5) is 21.8. The zero-order valence-electron chi connectivity index (χ0n) is 14.6. The molecule has 0 spiro atoms. The fourth-order valence-electron chi connectivity index (χ4n) is 2.87. The van der Waals surface area contributed by atoms with Gasteiger partial charge in [-0.15, -0.1) is 0 Å². The Morgan fingerprint density at radius 2 is 2.04 bits per heavy atom. The Balaban J connectivity index is 1.75. The number of aryl methyl sites for hydroxylation is 1. The van der Waals surface area contributed by atoms with Crippen LogP contribution in [0.5, 0.6) is 5.75 Å². The topological polar surface area (TPSA) is 64.1 Å². The maximum atomic E-state index is 11.9. The Morgan fingerprint density at radius 3 is 2.78 bits per heavy atom. The number of benzene rings is 1. The number of methoxy groups -OCH3 is 1. The van der Waals surface area contributed by atoms with Crippen molar-refractivity contribution in [2.75, 3.05) is 7.11 Å². The van der Waals surface area contributed by atoms with Crippen LogP contribution in [0.15, 0.2) is 47.4 Å². The number of nitrogens with one attached hydrogen (secondary N) is 1. The molecule has 2 aromatic heterocycles. The molecule has 0 saturated carbocycles. The van der Waals surface area contributed by atoms with E-state index in [9.17, 15) is 4.79 Å². The second kappa shape index (κ2) is 7.09. The number of ether oxygens (including phenoxy) is 1. The summed E-state index contributed by atoms with van der Waals surface area (Å²) in [6.07, 6.45) is 1.74. The Bertz CT molecular complexity index is 1130. The van der Waals surface area contributed by atoms with E-state index in [-0.39, 0.29) is 5.91 Å². The van der Waals surface area contributed by atoms with Gasteiger partial charge in [-0.3, -0.25) is 4.79 Å². The van der Waals surface area contributed by atoms with Crippen molar-refractivity contribution in [2.24, 2.45) is 0 Å². The molecule has 0 aliphatic carbocycles. The largest absolute Gasteiger partial charge is 0.497 e. The zero-order valence-corrected chi connectivity index (χ0v) is 16.3. The Labute approximate surface area is 165 Å². The minimum Gasteiger partial charge on any atom is -0.497 e. The standard InChI is InChI=1S/C20H15N3O2S2/c1-11-8-12-9-14(25-2)6-7-15(12)22-18(11)16-5-3-4-13(21-16)10-17-19(24)23-20(26)27-17/h3-10H,1-2H3,(H,23,24,26). The zero-order chi connectivity index (χ0) is 19.0. The fourth-order valence-corrected chi connectivity index (χ4v) is 3.89. The second-order valence-electron chi connectivity index (χ2n) is 6.01. The van der Waals surface area contributed by atoms with Crippen molar-refractivity contribution in [3.63, 3.8) is 0 Å². The van der Waals surface area contributed by atoms with E-state index in [2.05, 4.69) is 16.4 Å². The monoisotopic (exact) mass is 393 g/mol. The van der Waals surface area contributed by atoms with Gasteiger partial charge in [0.05, 0.1) is 34.6 Å². The average molecular weight is 393 g/mol. The molecule has 134 valence electrons. The number of rotatable bonds is 3. The first-order valence-corrected chi connectivity index (χ1v) is 9.43.